The standard InChI is InChI=1S/C7H14OSi/c1-6(7-5-8-7)9(2,3)4/h7H,1,5H2,2-4H3. The van der Waals surface area contributed by atoms with E-state index in [0.717, 1.165) is 6.61 Å². The zero-order valence-electron chi connectivity index (χ0n) is 6.40. The lowest BCUT2D eigenvalue weighted by Crippen LogP contribution is -2.26. The van der Waals surface area contributed by atoms with Crippen molar-refractivity contribution in [3.8, 4) is 0 Å². The number of epoxide rings is 1. The highest BCUT2D eigenvalue weighted by Gasteiger charge is 2.33. The Morgan fingerprint density at radius 1 is 1.56 bits per heavy atom. The summed E-state index contributed by atoms with van der Waals surface area (Å²) in [6, 6.07) is 0. The normalized spacial score (nSPS) is 25.9. The van der Waals surface area contributed by atoms with E-state index in [0.29, 0.717) is 6.10 Å². The van der Waals surface area contributed by atoms with E-state index in [4.69, 9.17) is 4.74 Å². The average Bonchev–Trinajstić information content (AvgIpc) is 2.40. The van der Waals surface area contributed by atoms with E-state index in [1.807, 2.05) is 0 Å². The fourth-order valence-corrected chi connectivity index (χ4v) is 1.86. The summed E-state index contributed by atoms with van der Waals surface area (Å²) >= 11 is 0. The van der Waals surface area contributed by atoms with E-state index in [9.17, 15) is 0 Å². The maximum absolute atomic E-state index is 5.13. The van der Waals surface area contributed by atoms with Gasteiger partial charge in [0.25, 0.3) is 0 Å². The summed E-state index contributed by atoms with van der Waals surface area (Å²) in [6.45, 7) is 11.9. The lowest BCUT2D eigenvalue weighted by molar-refractivity contribution is 0.436. The van der Waals surface area contributed by atoms with Gasteiger partial charge in [-0.05, 0) is 0 Å². The maximum atomic E-state index is 5.13. The molecule has 0 saturated carbocycles. The third-order valence-corrected chi connectivity index (χ3v) is 3.93. The zero-order chi connectivity index (χ0) is 7.07. The second-order valence-corrected chi connectivity index (χ2v) is 8.74. The van der Waals surface area contributed by atoms with Crippen molar-refractivity contribution >= 4 is 8.07 Å². The van der Waals surface area contributed by atoms with Gasteiger partial charge in [0, 0.05) is 0 Å². The first kappa shape index (κ1) is 7.03. The number of hydrogen-bond donors (Lipinski definition) is 0. The van der Waals surface area contributed by atoms with Crippen LogP contribution in [-0.2, 0) is 4.74 Å². The minimum atomic E-state index is -1.08. The molecule has 0 aromatic rings. The van der Waals surface area contributed by atoms with Crippen LogP contribution in [-0.4, -0.2) is 20.8 Å². The second kappa shape index (κ2) is 1.96. The molecule has 52 valence electrons. The molecule has 0 aromatic carbocycles. The van der Waals surface area contributed by atoms with Crippen LogP contribution in [0, 0.1) is 0 Å². The summed E-state index contributed by atoms with van der Waals surface area (Å²) < 4.78 is 5.13. The van der Waals surface area contributed by atoms with Crippen LogP contribution in [0.25, 0.3) is 0 Å². The molecule has 0 aromatic heterocycles. The molecule has 1 aliphatic heterocycles. The third-order valence-electron chi connectivity index (χ3n) is 1.69. The number of hydrogen-bond acceptors (Lipinski definition) is 1. The Balaban J connectivity index is 2.50. The smallest absolute Gasteiger partial charge is 0.0983 e. The summed E-state index contributed by atoms with van der Waals surface area (Å²) in [5.74, 6) is 0. The molecular formula is C7H14OSi. The van der Waals surface area contributed by atoms with Crippen LogP contribution in [0.2, 0.25) is 19.6 Å². The summed E-state index contributed by atoms with van der Waals surface area (Å²) in [7, 11) is -1.08. The molecule has 1 aliphatic rings. The summed E-state index contributed by atoms with van der Waals surface area (Å²) in [5.41, 5.74) is 0. The maximum Gasteiger partial charge on any atom is 0.0983 e. The van der Waals surface area contributed by atoms with Gasteiger partial charge in [-0.25, -0.2) is 0 Å². The Bertz CT molecular complexity index is 130. The van der Waals surface area contributed by atoms with Gasteiger partial charge in [-0.15, -0.1) is 6.58 Å². The highest BCUT2D eigenvalue weighted by Crippen LogP contribution is 2.25. The summed E-state index contributed by atoms with van der Waals surface area (Å²) in [6.07, 6.45) is 0.427. The second-order valence-electron chi connectivity index (χ2n) is 3.60. The minimum absolute atomic E-state index is 0.427. The van der Waals surface area contributed by atoms with Crippen LogP contribution in [0.4, 0.5) is 0 Å². The quantitative estimate of drug-likeness (QED) is 0.423. The van der Waals surface area contributed by atoms with E-state index < -0.39 is 8.07 Å². The fourth-order valence-electron chi connectivity index (χ4n) is 0.732. The first-order valence-electron chi connectivity index (χ1n) is 3.32. The molecule has 1 nitrogen and oxygen atoms in total. The van der Waals surface area contributed by atoms with Gasteiger partial charge >= 0.3 is 0 Å². The van der Waals surface area contributed by atoms with Crippen LogP contribution in [0.5, 0.6) is 0 Å². The van der Waals surface area contributed by atoms with E-state index in [-0.39, 0.29) is 0 Å². The van der Waals surface area contributed by atoms with Crippen LogP contribution < -0.4 is 0 Å². The monoisotopic (exact) mass is 142 g/mol. The highest BCUT2D eigenvalue weighted by atomic mass is 28.3. The predicted molar refractivity (Wildman–Crippen MR) is 42.2 cm³/mol. The largest absolute Gasteiger partial charge is 0.369 e. The van der Waals surface area contributed by atoms with Crippen LogP contribution in [0.3, 0.4) is 0 Å². The average molecular weight is 142 g/mol. The number of rotatable bonds is 2. The summed E-state index contributed by atoms with van der Waals surface area (Å²) in [5, 5.41) is 1.36. The van der Waals surface area contributed by atoms with Gasteiger partial charge in [-0.2, -0.15) is 0 Å². The molecule has 0 spiro atoms. The van der Waals surface area contributed by atoms with Crippen molar-refractivity contribution in [2.24, 2.45) is 0 Å². The Labute approximate surface area is 57.7 Å². The first-order valence-corrected chi connectivity index (χ1v) is 6.82. The Kier molecular flexibility index (Phi) is 1.53. The SMILES string of the molecule is C=C(C1CO1)[Si](C)(C)C. The molecule has 0 aliphatic carbocycles. The lowest BCUT2D eigenvalue weighted by Gasteiger charge is -2.16. The van der Waals surface area contributed by atoms with Gasteiger partial charge in [0.2, 0.25) is 0 Å². The van der Waals surface area contributed by atoms with E-state index in [1.54, 1.807) is 0 Å². The van der Waals surface area contributed by atoms with E-state index in [1.165, 1.54) is 5.20 Å². The van der Waals surface area contributed by atoms with Gasteiger partial charge < -0.3 is 4.74 Å². The molecule has 0 radical (unpaired) electrons. The molecular weight excluding hydrogens is 128 g/mol. The van der Waals surface area contributed by atoms with Crippen molar-refractivity contribution in [2.75, 3.05) is 6.61 Å². The topological polar surface area (TPSA) is 12.5 Å². The summed E-state index contributed by atoms with van der Waals surface area (Å²) in [4.78, 5) is 0. The molecule has 1 unspecified atom stereocenters. The predicted octanol–water partition coefficient (Wildman–Crippen LogP) is 1.82. The molecule has 1 fully saturated rings. The van der Waals surface area contributed by atoms with Crippen molar-refractivity contribution in [1.29, 1.82) is 0 Å². The van der Waals surface area contributed by atoms with E-state index in [2.05, 4.69) is 26.2 Å². The molecule has 1 saturated heterocycles. The molecule has 1 heterocycles. The van der Waals surface area contributed by atoms with Gasteiger partial charge in [-0.3, -0.25) is 0 Å². The lowest BCUT2D eigenvalue weighted by atomic mass is 10.5. The molecule has 1 atom stereocenters. The van der Waals surface area contributed by atoms with Gasteiger partial charge in [0.05, 0.1) is 20.8 Å². The van der Waals surface area contributed by atoms with Crippen LogP contribution >= 0.6 is 0 Å². The first-order chi connectivity index (χ1) is 4.02. The van der Waals surface area contributed by atoms with Crippen LogP contribution in [0.1, 0.15) is 0 Å². The molecule has 2 heteroatoms. The van der Waals surface area contributed by atoms with E-state index >= 15 is 0 Å². The van der Waals surface area contributed by atoms with Crippen molar-refractivity contribution in [3.63, 3.8) is 0 Å². The fraction of sp³-hybridized carbons (Fsp3) is 0.714. The van der Waals surface area contributed by atoms with Crippen molar-refractivity contribution in [2.45, 2.75) is 25.7 Å². The highest BCUT2D eigenvalue weighted by molar-refractivity contribution is 6.83. The van der Waals surface area contributed by atoms with Crippen molar-refractivity contribution < 1.29 is 4.74 Å². The van der Waals surface area contributed by atoms with Crippen molar-refractivity contribution in [3.05, 3.63) is 11.8 Å². The Hall–Kier alpha value is -0.0831. The molecule has 0 N–H and O–H groups in total. The van der Waals surface area contributed by atoms with Gasteiger partial charge in [0.1, 0.15) is 0 Å². The number of ether oxygens (including phenoxy) is 1. The van der Waals surface area contributed by atoms with Crippen LogP contribution in [0.15, 0.2) is 11.8 Å². The van der Waals surface area contributed by atoms with Gasteiger partial charge in [-0.1, -0.05) is 24.8 Å². The minimum Gasteiger partial charge on any atom is -0.369 e. The zero-order valence-corrected chi connectivity index (χ0v) is 7.40. The molecule has 0 bridgehead atoms. The molecule has 0 amide bonds. The Morgan fingerprint density at radius 3 is 2.11 bits per heavy atom. The Morgan fingerprint density at radius 2 is 2.00 bits per heavy atom. The van der Waals surface area contributed by atoms with Crippen molar-refractivity contribution in [1.82, 2.24) is 0 Å². The van der Waals surface area contributed by atoms with Gasteiger partial charge in [0.15, 0.2) is 0 Å². The third kappa shape index (κ3) is 1.66. The molecule has 9 heavy (non-hydrogen) atoms. The molecule has 1 rings (SSSR count).